The van der Waals surface area contributed by atoms with Crippen molar-refractivity contribution in [3.63, 3.8) is 0 Å². The number of halogens is 2. The molecule has 35 heavy (non-hydrogen) atoms. The number of carbonyl (C=O) groups excluding carboxylic acids is 1. The number of anilines is 1. The van der Waals surface area contributed by atoms with E-state index in [0.29, 0.717) is 6.42 Å². The van der Waals surface area contributed by atoms with Crippen molar-refractivity contribution in [1.29, 1.82) is 0 Å². The van der Waals surface area contributed by atoms with Crippen molar-refractivity contribution in [3.8, 4) is 18.2 Å². The van der Waals surface area contributed by atoms with Crippen molar-refractivity contribution >= 4 is 34.6 Å². The average Bonchev–Trinajstić information content (AvgIpc) is 3.54. The maximum absolute atomic E-state index is 15.0. The van der Waals surface area contributed by atoms with E-state index in [4.69, 9.17) is 22.0 Å². The van der Waals surface area contributed by atoms with Crippen LogP contribution < -0.4 is 21.1 Å². The Kier molecular flexibility index (Phi) is 6.25. The van der Waals surface area contributed by atoms with Gasteiger partial charge in [-0.05, 0) is 19.4 Å². The number of hydrogen-bond donors (Lipinski definition) is 4. The molecule has 13 heteroatoms. The number of amidine groups is 1. The van der Waals surface area contributed by atoms with Crippen molar-refractivity contribution in [3.05, 3.63) is 47.4 Å². The molecule has 1 saturated carbocycles. The van der Waals surface area contributed by atoms with Crippen molar-refractivity contribution in [2.45, 2.75) is 23.6 Å². The summed E-state index contributed by atoms with van der Waals surface area (Å²) in [6.45, 7) is 1.66. The summed E-state index contributed by atoms with van der Waals surface area (Å²) in [4.78, 5) is 35.9. The van der Waals surface area contributed by atoms with Crippen LogP contribution in [0.4, 0.5) is 19.3 Å². The second-order valence-electron chi connectivity index (χ2n) is 8.19. The van der Waals surface area contributed by atoms with Crippen LogP contribution in [0.2, 0.25) is 0 Å². The highest BCUT2D eigenvalue weighted by Crippen LogP contribution is 2.65. The van der Waals surface area contributed by atoms with Crippen LogP contribution in [0, 0.1) is 29.9 Å². The summed E-state index contributed by atoms with van der Waals surface area (Å²) in [5.74, 6) is -0.954. The summed E-state index contributed by atoms with van der Waals surface area (Å²) < 4.78 is 34.1. The largest absolute Gasteiger partial charge is 0.465 e. The number of hydrogen-bond acceptors (Lipinski definition) is 8. The fourth-order valence-electron chi connectivity index (χ4n) is 4.20. The minimum Gasteiger partial charge on any atom is -0.465 e. The Labute approximate surface area is 202 Å². The molecular weight excluding hydrogens is 482 g/mol. The van der Waals surface area contributed by atoms with Gasteiger partial charge in [-0.15, -0.1) is 6.42 Å². The van der Waals surface area contributed by atoms with E-state index in [0.717, 1.165) is 12.3 Å². The van der Waals surface area contributed by atoms with Crippen molar-refractivity contribution < 1.29 is 28.2 Å². The summed E-state index contributed by atoms with van der Waals surface area (Å²) >= 11 is 1.21. The molecule has 10 nitrogen and oxygen atoms in total. The summed E-state index contributed by atoms with van der Waals surface area (Å²) in [6.07, 6.45) is 6.75. The molecule has 4 rings (SSSR count). The molecule has 1 aromatic heterocycles. The van der Waals surface area contributed by atoms with E-state index in [9.17, 15) is 14.0 Å². The highest BCUT2D eigenvalue weighted by Gasteiger charge is 2.66. The predicted octanol–water partition coefficient (Wildman–Crippen LogP) is 2.32. The topological polar surface area (TPSA) is 152 Å². The molecule has 0 unspecified atom stereocenters. The number of terminal acetylenes is 1. The molecule has 0 spiro atoms. The van der Waals surface area contributed by atoms with Crippen LogP contribution in [-0.2, 0) is 5.54 Å². The molecule has 2 amide bonds. The number of fused-ring (bicyclic) bond motifs is 1. The number of benzene rings is 1. The number of aromatic nitrogens is 2. The average molecular weight is 503 g/mol. The molecule has 1 aromatic carbocycles. The minimum atomic E-state index is -1.28. The molecule has 0 radical (unpaired) electrons. The molecular formula is C22H20F2N6O4S. The van der Waals surface area contributed by atoms with Crippen LogP contribution in [0.25, 0.3) is 0 Å². The van der Waals surface area contributed by atoms with Gasteiger partial charge < -0.3 is 26.2 Å². The van der Waals surface area contributed by atoms with Gasteiger partial charge in [-0.25, -0.2) is 23.5 Å². The quantitative estimate of drug-likeness (QED) is 0.421. The van der Waals surface area contributed by atoms with Gasteiger partial charge in [0.2, 0.25) is 5.88 Å². The second-order valence-corrected chi connectivity index (χ2v) is 9.62. The van der Waals surface area contributed by atoms with Crippen LogP contribution >= 0.6 is 11.8 Å². The van der Waals surface area contributed by atoms with Crippen molar-refractivity contribution in [1.82, 2.24) is 15.3 Å². The molecule has 0 bridgehead atoms. The molecule has 2 heterocycles. The van der Waals surface area contributed by atoms with Gasteiger partial charge in [-0.1, -0.05) is 17.7 Å². The number of rotatable bonds is 7. The van der Waals surface area contributed by atoms with Gasteiger partial charge in [-0.3, -0.25) is 9.79 Å². The lowest BCUT2D eigenvalue weighted by atomic mass is 9.85. The molecule has 2 aromatic rings. The Morgan fingerprint density at radius 1 is 1.37 bits per heavy atom. The van der Waals surface area contributed by atoms with Crippen LogP contribution in [0.3, 0.4) is 0 Å². The minimum absolute atomic E-state index is 0.0171. The number of nitrogens with zero attached hydrogens (tertiary/aromatic N) is 3. The molecule has 2 aliphatic rings. The second kappa shape index (κ2) is 9.03. The van der Waals surface area contributed by atoms with Crippen LogP contribution in [-0.4, -0.2) is 50.1 Å². The number of nitrogens with two attached hydrogens (primary N) is 1. The molecule has 5 N–H and O–H groups in total. The van der Waals surface area contributed by atoms with Gasteiger partial charge in [0.25, 0.3) is 5.91 Å². The van der Waals surface area contributed by atoms with E-state index in [1.165, 1.54) is 24.0 Å². The van der Waals surface area contributed by atoms with E-state index in [1.807, 2.05) is 0 Å². The zero-order valence-corrected chi connectivity index (χ0v) is 19.2. The summed E-state index contributed by atoms with van der Waals surface area (Å²) in [5, 5.41) is 13.9. The normalized spacial score (nSPS) is 24.4. The first kappa shape index (κ1) is 24.2. The van der Waals surface area contributed by atoms with Crippen LogP contribution in [0.1, 0.15) is 29.4 Å². The van der Waals surface area contributed by atoms with E-state index in [1.54, 1.807) is 6.92 Å². The summed E-state index contributed by atoms with van der Waals surface area (Å²) in [6, 6.07) is 2.13. The fraction of sp³-hybridized carbons (Fsp3) is 0.318. The molecule has 182 valence electrons. The van der Waals surface area contributed by atoms with E-state index < -0.39 is 33.9 Å². The van der Waals surface area contributed by atoms with Crippen molar-refractivity contribution in [2.75, 3.05) is 18.5 Å². The third kappa shape index (κ3) is 4.69. The highest BCUT2D eigenvalue weighted by atomic mass is 32.2. The molecule has 1 aliphatic carbocycles. The summed E-state index contributed by atoms with van der Waals surface area (Å²) in [5.41, 5.74) is 4.49. The predicted molar refractivity (Wildman–Crippen MR) is 124 cm³/mol. The number of nitrogens with one attached hydrogen (secondary N) is 2. The molecule has 3 atom stereocenters. The maximum Gasteiger partial charge on any atom is 0.404 e. The van der Waals surface area contributed by atoms with Gasteiger partial charge in [0.05, 0.1) is 17.9 Å². The van der Waals surface area contributed by atoms with Crippen LogP contribution in [0.5, 0.6) is 5.88 Å². The smallest absolute Gasteiger partial charge is 0.404 e. The lowest BCUT2D eigenvalue weighted by Gasteiger charge is -2.34. The van der Waals surface area contributed by atoms with E-state index in [2.05, 4.69) is 31.5 Å². The third-order valence-corrected chi connectivity index (χ3v) is 7.19. The Hall–Kier alpha value is -3.92. The number of carboxylic acid groups (broad SMARTS) is 1. The van der Waals surface area contributed by atoms with Crippen molar-refractivity contribution in [2.24, 2.45) is 16.6 Å². The summed E-state index contributed by atoms with van der Waals surface area (Å²) in [7, 11) is 0. The Morgan fingerprint density at radius 2 is 2.14 bits per heavy atom. The first-order valence-electron chi connectivity index (χ1n) is 10.3. The standard InChI is InChI=1S/C22H20F2N6O4S/c1-3-4-34-16-9-26-14(8-27-16)18(31)29-11-5-12(17(24)13(23)6-11)21(2)15-7-22(15,10-28-20(32)33)35-19(25)30-21/h1,5-6,8-9,15,28H,4,7,10H2,2H3,(H2,25,30)(H,29,31)(H,32,33)/t15-,21+,22-/m0/s1. The SMILES string of the molecule is C#CCOc1cnc(C(=O)Nc2cc(F)c(F)c([C@@]3(C)N=C(N)S[C@]4(CNC(=O)O)C[C@H]43)c2)cn1. The zero-order chi connectivity index (χ0) is 25.4. The number of ether oxygens (including phenoxy) is 1. The lowest BCUT2D eigenvalue weighted by molar-refractivity contribution is 0.102. The Balaban J connectivity index is 1.60. The monoisotopic (exact) mass is 502 g/mol. The first-order valence-corrected chi connectivity index (χ1v) is 11.1. The third-order valence-electron chi connectivity index (χ3n) is 5.89. The van der Waals surface area contributed by atoms with Gasteiger partial charge in [0.1, 0.15) is 5.69 Å². The fourth-order valence-corrected chi connectivity index (χ4v) is 5.62. The number of aliphatic imine (C=N–C) groups is 1. The number of thioether (sulfide) groups is 1. The maximum atomic E-state index is 15.0. The number of amides is 2. The molecule has 0 saturated heterocycles. The van der Waals surface area contributed by atoms with Gasteiger partial charge in [-0.2, -0.15) is 0 Å². The lowest BCUT2D eigenvalue weighted by Crippen LogP contribution is -2.41. The Morgan fingerprint density at radius 3 is 2.80 bits per heavy atom. The van der Waals surface area contributed by atoms with E-state index in [-0.39, 0.29) is 47.1 Å². The Bertz CT molecular complexity index is 1270. The highest BCUT2D eigenvalue weighted by molar-refractivity contribution is 8.15. The van der Waals surface area contributed by atoms with Gasteiger partial charge >= 0.3 is 6.09 Å². The van der Waals surface area contributed by atoms with Crippen LogP contribution in [0.15, 0.2) is 29.5 Å². The number of carbonyl (C=O) groups is 2. The van der Waals surface area contributed by atoms with E-state index >= 15 is 4.39 Å². The first-order chi connectivity index (χ1) is 16.6. The van der Waals surface area contributed by atoms with Gasteiger partial charge in [0.15, 0.2) is 23.4 Å². The van der Waals surface area contributed by atoms with Gasteiger partial charge in [0, 0.05) is 34.5 Å². The molecule has 1 aliphatic heterocycles. The zero-order valence-electron chi connectivity index (χ0n) is 18.3. The molecule has 1 fully saturated rings.